The summed E-state index contributed by atoms with van der Waals surface area (Å²) < 4.78 is 5.28. The normalized spacial score (nSPS) is 13.6. The van der Waals surface area contributed by atoms with Gasteiger partial charge in [-0.2, -0.15) is 0 Å². The van der Waals surface area contributed by atoms with E-state index >= 15 is 0 Å². The van der Waals surface area contributed by atoms with Gasteiger partial charge in [0.15, 0.2) is 5.11 Å². The molecular weight excluding hydrogens is 454 g/mol. The number of carbonyl (C=O) groups is 1. The van der Waals surface area contributed by atoms with Crippen LogP contribution < -0.4 is 10.2 Å². The van der Waals surface area contributed by atoms with E-state index in [9.17, 15) is 9.90 Å². The first-order valence-corrected chi connectivity index (χ1v) is 12.2. The van der Waals surface area contributed by atoms with Gasteiger partial charge in [0.1, 0.15) is 10.8 Å². The molecule has 1 aliphatic rings. The highest BCUT2D eigenvalue weighted by atomic mass is 32.1. The van der Waals surface area contributed by atoms with Gasteiger partial charge >= 0.3 is 5.97 Å². The number of carbonyl (C=O) groups excluding carboxylic acids is 1. The van der Waals surface area contributed by atoms with Gasteiger partial charge in [0, 0.05) is 49.2 Å². The SMILES string of the molecule is CCOC(=O)c1cc(Cc2ccccc2)sc1NC(=S)N1CCN(c2cccc(O)c2)CC1. The zero-order valence-electron chi connectivity index (χ0n) is 18.5. The Bertz CT molecular complexity index is 1110. The van der Waals surface area contributed by atoms with E-state index in [0.29, 0.717) is 17.3 Å². The number of piperazine rings is 1. The third-order valence-electron chi connectivity index (χ3n) is 5.48. The van der Waals surface area contributed by atoms with Crippen molar-refractivity contribution in [3.63, 3.8) is 0 Å². The average molecular weight is 482 g/mol. The molecule has 4 rings (SSSR count). The zero-order valence-corrected chi connectivity index (χ0v) is 20.1. The van der Waals surface area contributed by atoms with Crippen LogP contribution in [0.2, 0.25) is 0 Å². The number of hydrogen-bond donors (Lipinski definition) is 2. The number of thiophene rings is 1. The fourth-order valence-electron chi connectivity index (χ4n) is 3.81. The van der Waals surface area contributed by atoms with Crippen LogP contribution >= 0.6 is 23.6 Å². The predicted molar refractivity (Wildman–Crippen MR) is 138 cm³/mol. The molecule has 0 saturated carbocycles. The highest BCUT2D eigenvalue weighted by Crippen LogP contribution is 2.31. The van der Waals surface area contributed by atoms with Gasteiger partial charge in [0.2, 0.25) is 0 Å². The lowest BCUT2D eigenvalue weighted by Gasteiger charge is -2.37. The van der Waals surface area contributed by atoms with Crippen LogP contribution in [0, 0.1) is 0 Å². The smallest absolute Gasteiger partial charge is 0.341 e. The van der Waals surface area contributed by atoms with Crippen LogP contribution in [0.1, 0.15) is 27.7 Å². The third-order valence-corrected chi connectivity index (χ3v) is 6.89. The van der Waals surface area contributed by atoms with Gasteiger partial charge in [0.25, 0.3) is 0 Å². The van der Waals surface area contributed by atoms with E-state index in [1.807, 2.05) is 36.4 Å². The molecule has 2 N–H and O–H groups in total. The molecule has 0 spiro atoms. The van der Waals surface area contributed by atoms with Crippen molar-refractivity contribution >= 4 is 45.3 Å². The number of hydrogen-bond acceptors (Lipinski definition) is 6. The van der Waals surface area contributed by atoms with E-state index in [1.54, 1.807) is 19.1 Å². The van der Waals surface area contributed by atoms with Crippen molar-refractivity contribution in [1.82, 2.24) is 4.90 Å². The van der Waals surface area contributed by atoms with Gasteiger partial charge in [-0.1, -0.05) is 36.4 Å². The Hall–Kier alpha value is -3.10. The van der Waals surface area contributed by atoms with Crippen molar-refractivity contribution in [2.24, 2.45) is 0 Å². The Kier molecular flexibility index (Phi) is 7.47. The quantitative estimate of drug-likeness (QED) is 0.389. The molecule has 1 aliphatic heterocycles. The summed E-state index contributed by atoms with van der Waals surface area (Å²) in [4.78, 5) is 18.0. The Morgan fingerprint density at radius 1 is 1.09 bits per heavy atom. The average Bonchev–Trinajstić information content (AvgIpc) is 3.22. The summed E-state index contributed by atoms with van der Waals surface area (Å²) in [6.07, 6.45) is 0.745. The van der Waals surface area contributed by atoms with E-state index in [0.717, 1.165) is 48.2 Å². The summed E-state index contributed by atoms with van der Waals surface area (Å²) in [5, 5.41) is 14.4. The lowest BCUT2D eigenvalue weighted by molar-refractivity contribution is 0.0528. The standard InChI is InChI=1S/C25H27N3O3S2/c1-2-31-24(30)22-17-21(15-18-7-4-3-5-8-18)33-23(22)26-25(32)28-13-11-27(12-14-28)19-9-6-10-20(29)16-19/h3-10,16-17,29H,2,11-15H2,1H3,(H,26,32). The number of thiocarbonyl (C=S) groups is 1. The molecule has 1 fully saturated rings. The molecule has 0 bridgehead atoms. The molecule has 3 aromatic rings. The minimum absolute atomic E-state index is 0.266. The van der Waals surface area contributed by atoms with Gasteiger partial charge in [-0.15, -0.1) is 11.3 Å². The number of esters is 1. The summed E-state index contributed by atoms with van der Waals surface area (Å²) in [7, 11) is 0. The molecule has 0 radical (unpaired) electrons. The maximum atomic E-state index is 12.6. The fraction of sp³-hybridized carbons (Fsp3) is 0.280. The largest absolute Gasteiger partial charge is 0.508 e. The maximum Gasteiger partial charge on any atom is 0.341 e. The number of benzene rings is 2. The Balaban J connectivity index is 1.43. The number of rotatable bonds is 6. The number of nitrogens with one attached hydrogen (secondary N) is 1. The molecular formula is C25H27N3O3S2. The number of phenols is 1. The van der Waals surface area contributed by atoms with Crippen LogP contribution in [0.5, 0.6) is 5.75 Å². The van der Waals surface area contributed by atoms with Crippen LogP contribution in [0.4, 0.5) is 10.7 Å². The maximum absolute atomic E-state index is 12.6. The summed E-state index contributed by atoms with van der Waals surface area (Å²) in [6, 6.07) is 19.4. The molecule has 0 aliphatic carbocycles. The Labute approximate surface area is 203 Å². The highest BCUT2D eigenvalue weighted by Gasteiger charge is 2.23. The summed E-state index contributed by atoms with van der Waals surface area (Å²) in [5.74, 6) is -0.0744. The van der Waals surface area contributed by atoms with E-state index < -0.39 is 0 Å². The second-order valence-electron chi connectivity index (χ2n) is 7.76. The summed E-state index contributed by atoms with van der Waals surface area (Å²) in [5.41, 5.74) is 2.71. The van der Waals surface area contributed by atoms with Crippen LogP contribution in [-0.2, 0) is 11.2 Å². The molecule has 1 saturated heterocycles. The van der Waals surface area contributed by atoms with E-state index in [1.165, 1.54) is 16.9 Å². The number of phenolic OH excluding ortho intramolecular Hbond substituents is 1. The van der Waals surface area contributed by atoms with Gasteiger partial charge in [-0.3, -0.25) is 0 Å². The Morgan fingerprint density at radius 2 is 1.85 bits per heavy atom. The van der Waals surface area contributed by atoms with Crippen molar-refractivity contribution in [1.29, 1.82) is 0 Å². The lowest BCUT2D eigenvalue weighted by Crippen LogP contribution is -2.50. The van der Waals surface area contributed by atoms with Gasteiger partial charge < -0.3 is 25.0 Å². The minimum Gasteiger partial charge on any atom is -0.508 e. The van der Waals surface area contributed by atoms with Crippen LogP contribution in [0.15, 0.2) is 60.7 Å². The van der Waals surface area contributed by atoms with Crippen molar-refractivity contribution in [2.75, 3.05) is 43.0 Å². The molecule has 8 heteroatoms. The summed E-state index contributed by atoms with van der Waals surface area (Å²) >= 11 is 7.23. The second kappa shape index (κ2) is 10.7. The van der Waals surface area contributed by atoms with Gasteiger partial charge in [-0.05, 0) is 42.9 Å². The molecule has 0 atom stereocenters. The first kappa shape index (κ1) is 23.1. The third kappa shape index (κ3) is 5.83. The van der Waals surface area contributed by atoms with Crippen molar-refractivity contribution in [3.05, 3.63) is 76.7 Å². The zero-order chi connectivity index (χ0) is 23.2. The van der Waals surface area contributed by atoms with Crippen LogP contribution in [0.3, 0.4) is 0 Å². The van der Waals surface area contributed by atoms with E-state index in [2.05, 4.69) is 27.2 Å². The molecule has 0 amide bonds. The number of aromatic hydroxyl groups is 1. The van der Waals surface area contributed by atoms with E-state index in [4.69, 9.17) is 17.0 Å². The number of ether oxygens (including phenoxy) is 1. The summed E-state index contributed by atoms with van der Waals surface area (Å²) in [6.45, 7) is 5.21. The van der Waals surface area contributed by atoms with Gasteiger partial charge in [-0.25, -0.2) is 4.79 Å². The van der Waals surface area contributed by atoms with Crippen molar-refractivity contribution < 1.29 is 14.6 Å². The lowest BCUT2D eigenvalue weighted by atomic mass is 10.1. The topological polar surface area (TPSA) is 65.0 Å². The van der Waals surface area contributed by atoms with Crippen LogP contribution in [0.25, 0.3) is 0 Å². The molecule has 172 valence electrons. The van der Waals surface area contributed by atoms with E-state index in [-0.39, 0.29) is 11.7 Å². The fourth-order valence-corrected chi connectivity index (χ4v) is 5.24. The number of nitrogens with zero attached hydrogens (tertiary/aromatic N) is 2. The van der Waals surface area contributed by atoms with Crippen molar-refractivity contribution in [2.45, 2.75) is 13.3 Å². The second-order valence-corrected chi connectivity index (χ2v) is 9.29. The van der Waals surface area contributed by atoms with Gasteiger partial charge in [0.05, 0.1) is 12.2 Å². The Morgan fingerprint density at radius 3 is 2.55 bits per heavy atom. The first-order chi connectivity index (χ1) is 16.0. The molecule has 0 unspecified atom stereocenters. The minimum atomic E-state index is -0.341. The molecule has 1 aromatic heterocycles. The predicted octanol–water partition coefficient (Wildman–Crippen LogP) is 4.74. The van der Waals surface area contributed by atoms with Crippen molar-refractivity contribution in [3.8, 4) is 5.75 Å². The monoisotopic (exact) mass is 481 g/mol. The molecule has 33 heavy (non-hydrogen) atoms. The first-order valence-electron chi connectivity index (χ1n) is 11.0. The molecule has 6 nitrogen and oxygen atoms in total. The number of anilines is 2. The molecule has 2 aromatic carbocycles. The van der Waals surface area contributed by atoms with Crippen LogP contribution in [-0.4, -0.2) is 53.9 Å². The molecule has 2 heterocycles. The highest BCUT2D eigenvalue weighted by molar-refractivity contribution is 7.80.